The van der Waals surface area contributed by atoms with Gasteiger partial charge in [0.2, 0.25) is 0 Å². The first-order chi connectivity index (χ1) is 6.75. The molecule has 0 atom stereocenters. The standard InChI is InChI=1S/C12H12O2/c1-9(13)14-12-7-6-10-4-2-3-5-11(10)8-12/h3,5-8H,2,4H2,1H3. The molecule has 0 aliphatic heterocycles. The van der Waals surface area contributed by atoms with Gasteiger partial charge in [-0.05, 0) is 36.1 Å². The minimum atomic E-state index is -0.273. The number of benzene rings is 1. The second-order valence-electron chi connectivity index (χ2n) is 3.40. The summed E-state index contributed by atoms with van der Waals surface area (Å²) in [6.45, 7) is 1.41. The molecule has 0 bridgehead atoms. The predicted molar refractivity (Wildman–Crippen MR) is 55.1 cm³/mol. The van der Waals surface area contributed by atoms with Crippen molar-refractivity contribution in [1.29, 1.82) is 0 Å². The normalized spacial score (nSPS) is 13.5. The Bertz CT molecular complexity index is 391. The second-order valence-corrected chi connectivity index (χ2v) is 3.40. The number of carbonyl (C=O) groups is 1. The summed E-state index contributed by atoms with van der Waals surface area (Å²) in [5, 5.41) is 0. The number of rotatable bonds is 1. The van der Waals surface area contributed by atoms with Gasteiger partial charge in [-0.1, -0.05) is 18.2 Å². The van der Waals surface area contributed by atoms with Gasteiger partial charge in [-0.15, -0.1) is 0 Å². The summed E-state index contributed by atoms with van der Waals surface area (Å²) < 4.78 is 5.01. The van der Waals surface area contributed by atoms with E-state index in [0.29, 0.717) is 5.75 Å². The SMILES string of the molecule is CC(=O)Oc1ccc2c(c1)C=CCC2. The largest absolute Gasteiger partial charge is 0.427 e. The Kier molecular flexibility index (Phi) is 2.35. The molecule has 0 N–H and O–H groups in total. The Hall–Kier alpha value is -1.57. The number of hydrogen-bond donors (Lipinski definition) is 0. The summed E-state index contributed by atoms with van der Waals surface area (Å²) >= 11 is 0. The number of esters is 1. The third-order valence-corrected chi connectivity index (χ3v) is 2.26. The van der Waals surface area contributed by atoms with E-state index in [1.165, 1.54) is 12.5 Å². The zero-order valence-electron chi connectivity index (χ0n) is 8.12. The van der Waals surface area contributed by atoms with E-state index in [1.54, 1.807) is 0 Å². The van der Waals surface area contributed by atoms with E-state index >= 15 is 0 Å². The van der Waals surface area contributed by atoms with Crippen LogP contribution in [0.1, 0.15) is 24.5 Å². The molecule has 72 valence electrons. The van der Waals surface area contributed by atoms with E-state index in [4.69, 9.17) is 4.74 Å². The first-order valence-electron chi connectivity index (χ1n) is 4.73. The molecule has 0 spiro atoms. The van der Waals surface area contributed by atoms with E-state index in [1.807, 2.05) is 18.2 Å². The van der Waals surface area contributed by atoms with E-state index in [2.05, 4.69) is 12.2 Å². The van der Waals surface area contributed by atoms with Crippen molar-refractivity contribution in [1.82, 2.24) is 0 Å². The summed E-state index contributed by atoms with van der Waals surface area (Å²) in [6, 6.07) is 5.78. The van der Waals surface area contributed by atoms with Gasteiger partial charge in [0.05, 0.1) is 0 Å². The minimum absolute atomic E-state index is 0.273. The Labute approximate surface area is 83.2 Å². The van der Waals surface area contributed by atoms with Gasteiger partial charge in [-0.3, -0.25) is 4.79 Å². The van der Waals surface area contributed by atoms with Gasteiger partial charge in [0.1, 0.15) is 5.75 Å². The van der Waals surface area contributed by atoms with Crippen molar-refractivity contribution < 1.29 is 9.53 Å². The Morgan fingerprint density at radius 3 is 3.07 bits per heavy atom. The molecular formula is C12H12O2. The van der Waals surface area contributed by atoms with Gasteiger partial charge in [0.25, 0.3) is 0 Å². The van der Waals surface area contributed by atoms with E-state index in [0.717, 1.165) is 18.4 Å². The van der Waals surface area contributed by atoms with E-state index in [-0.39, 0.29) is 5.97 Å². The fourth-order valence-corrected chi connectivity index (χ4v) is 1.63. The molecule has 1 aromatic rings. The number of aryl methyl sites for hydroxylation is 1. The summed E-state index contributed by atoms with van der Waals surface area (Å²) in [4.78, 5) is 10.7. The van der Waals surface area contributed by atoms with Crippen LogP contribution in [-0.2, 0) is 11.2 Å². The fourth-order valence-electron chi connectivity index (χ4n) is 1.63. The average molecular weight is 188 g/mol. The van der Waals surface area contributed by atoms with Crippen LogP contribution in [0, 0.1) is 0 Å². The first-order valence-corrected chi connectivity index (χ1v) is 4.73. The van der Waals surface area contributed by atoms with Gasteiger partial charge in [-0.2, -0.15) is 0 Å². The third-order valence-electron chi connectivity index (χ3n) is 2.26. The maximum atomic E-state index is 10.7. The number of ether oxygens (including phenoxy) is 1. The van der Waals surface area contributed by atoms with Crippen LogP contribution in [0.3, 0.4) is 0 Å². The van der Waals surface area contributed by atoms with E-state index in [9.17, 15) is 4.79 Å². The summed E-state index contributed by atoms with van der Waals surface area (Å²) in [5.74, 6) is 0.354. The molecule has 0 saturated carbocycles. The lowest BCUT2D eigenvalue weighted by atomic mass is 9.97. The van der Waals surface area contributed by atoms with Crippen molar-refractivity contribution in [3.63, 3.8) is 0 Å². The molecule has 1 aliphatic carbocycles. The molecule has 2 nitrogen and oxygen atoms in total. The van der Waals surface area contributed by atoms with Crippen molar-refractivity contribution in [2.75, 3.05) is 0 Å². The smallest absolute Gasteiger partial charge is 0.308 e. The molecule has 14 heavy (non-hydrogen) atoms. The molecule has 0 aromatic heterocycles. The van der Waals surface area contributed by atoms with Crippen LogP contribution in [0.2, 0.25) is 0 Å². The molecule has 0 fully saturated rings. The van der Waals surface area contributed by atoms with Gasteiger partial charge in [0.15, 0.2) is 0 Å². The number of allylic oxidation sites excluding steroid dienone is 1. The third kappa shape index (κ3) is 1.84. The maximum Gasteiger partial charge on any atom is 0.308 e. The van der Waals surface area contributed by atoms with Crippen LogP contribution in [-0.4, -0.2) is 5.97 Å². The first kappa shape index (κ1) is 9.00. The molecule has 1 aliphatic rings. The van der Waals surface area contributed by atoms with Gasteiger partial charge >= 0.3 is 5.97 Å². The zero-order chi connectivity index (χ0) is 9.97. The molecule has 2 heteroatoms. The summed E-state index contributed by atoms with van der Waals surface area (Å²) in [7, 11) is 0. The second kappa shape index (κ2) is 3.66. The van der Waals surface area contributed by atoms with Crippen LogP contribution >= 0.6 is 0 Å². The molecule has 0 unspecified atom stereocenters. The van der Waals surface area contributed by atoms with Crippen LogP contribution in [0.15, 0.2) is 24.3 Å². The van der Waals surface area contributed by atoms with Gasteiger partial charge < -0.3 is 4.74 Å². The van der Waals surface area contributed by atoms with Crippen molar-refractivity contribution in [3.05, 3.63) is 35.4 Å². The van der Waals surface area contributed by atoms with Crippen molar-refractivity contribution in [2.45, 2.75) is 19.8 Å². The van der Waals surface area contributed by atoms with Crippen LogP contribution in [0.4, 0.5) is 0 Å². The maximum absolute atomic E-state index is 10.7. The Morgan fingerprint density at radius 1 is 1.43 bits per heavy atom. The molecule has 0 amide bonds. The molecular weight excluding hydrogens is 176 g/mol. The van der Waals surface area contributed by atoms with Crippen LogP contribution in [0.5, 0.6) is 5.75 Å². The molecule has 1 aromatic carbocycles. The molecule has 0 radical (unpaired) electrons. The fraction of sp³-hybridized carbons (Fsp3) is 0.250. The quantitative estimate of drug-likeness (QED) is 0.500. The number of hydrogen-bond acceptors (Lipinski definition) is 2. The van der Waals surface area contributed by atoms with Crippen molar-refractivity contribution in [3.8, 4) is 5.75 Å². The van der Waals surface area contributed by atoms with Crippen LogP contribution in [0.25, 0.3) is 6.08 Å². The minimum Gasteiger partial charge on any atom is -0.427 e. The monoisotopic (exact) mass is 188 g/mol. The predicted octanol–water partition coefficient (Wildman–Crippen LogP) is 2.57. The summed E-state index contributed by atoms with van der Waals surface area (Å²) in [6.07, 6.45) is 6.39. The number of carbonyl (C=O) groups excluding carboxylic acids is 1. The highest BCUT2D eigenvalue weighted by atomic mass is 16.5. The Morgan fingerprint density at radius 2 is 2.29 bits per heavy atom. The lowest BCUT2D eigenvalue weighted by Gasteiger charge is -2.11. The van der Waals surface area contributed by atoms with Gasteiger partial charge in [0, 0.05) is 6.92 Å². The molecule has 2 rings (SSSR count). The average Bonchev–Trinajstić information content (AvgIpc) is 2.17. The van der Waals surface area contributed by atoms with Crippen molar-refractivity contribution in [2.24, 2.45) is 0 Å². The molecule has 0 saturated heterocycles. The van der Waals surface area contributed by atoms with E-state index < -0.39 is 0 Å². The zero-order valence-corrected chi connectivity index (χ0v) is 8.12. The van der Waals surface area contributed by atoms with Crippen LogP contribution < -0.4 is 4.74 Å². The lowest BCUT2D eigenvalue weighted by Crippen LogP contribution is -2.02. The van der Waals surface area contributed by atoms with Crippen molar-refractivity contribution >= 4 is 12.0 Å². The lowest BCUT2D eigenvalue weighted by molar-refractivity contribution is -0.131. The summed E-state index contributed by atoms with van der Waals surface area (Å²) in [5.41, 5.74) is 2.48. The molecule has 0 heterocycles. The highest BCUT2D eigenvalue weighted by Crippen LogP contribution is 2.23. The Balaban J connectivity index is 2.30. The topological polar surface area (TPSA) is 26.3 Å². The van der Waals surface area contributed by atoms with Gasteiger partial charge in [-0.25, -0.2) is 0 Å². The highest BCUT2D eigenvalue weighted by molar-refractivity contribution is 5.70. The highest BCUT2D eigenvalue weighted by Gasteiger charge is 2.06. The number of fused-ring (bicyclic) bond motifs is 1.